The van der Waals surface area contributed by atoms with E-state index < -0.39 is 63.5 Å². The molecule has 0 bridgehead atoms. The van der Waals surface area contributed by atoms with Crippen molar-refractivity contribution in [2.24, 2.45) is 5.92 Å². The molecule has 4 unspecified atom stereocenters. The van der Waals surface area contributed by atoms with Crippen molar-refractivity contribution in [3.05, 3.63) is 112 Å². The van der Waals surface area contributed by atoms with Gasteiger partial charge in [0.15, 0.2) is 5.78 Å². The molecule has 5 atom stereocenters. The van der Waals surface area contributed by atoms with Gasteiger partial charge in [-0.1, -0.05) is 29.4 Å². The lowest BCUT2D eigenvalue weighted by atomic mass is 9.65. The fourth-order valence-corrected chi connectivity index (χ4v) is 7.81. The van der Waals surface area contributed by atoms with Crippen LogP contribution in [0.5, 0.6) is 51.7 Å². The number of fused-ring (bicyclic) bond motifs is 4. The van der Waals surface area contributed by atoms with Crippen molar-refractivity contribution in [1.82, 2.24) is 0 Å². The molecule has 0 amide bonds. The summed E-state index contributed by atoms with van der Waals surface area (Å²) in [6.07, 6.45) is 3.28. The number of ketones is 2. The van der Waals surface area contributed by atoms with E-state index in [1.165, 1.54) is 42.5 Å². The molecule has 0 fully saturated rings. The third-order valence-electron chi connectivity index (χ3n) is 10.2. The lowest BCUT2D eigenvalue weighted by Crippen LogP contribution is -2.62. The fraction of sp³-hybridized carbons (Fsp3) is 0.250. The summed E-state index contributed by atoms with van der Waals surface area (Å²) in [5.74, 6) is -10.6. The van der Waals surface area contributed by atoms with Crippen molar-refractivity contribution in [2.45, 2.75) is 56.8 Å². The van der Waals surface area contributed by atoms with Gasteiger partial charge in [0, 0.05) is 54.0 Å². The summed E-state index contributed by atoms with van der Waals surface area (Å²) in [7, 11) is 0. The van der Waals surface area contributed by atoms with Gasteiger partial charge >= 0.3 is 0 Å². The van der Waals surface area contributed by atoms with Crippen molar-refractivity contribution in [1.29, 1.82) is 0 Å². The normalized spacial score (nSPS) is 24.4. The number of allylic oxidation sites excluding steroid dienone is 3. The Labute approximate surface area is 297 Å². The number of aliphatic hydroxyl groups is 1. The maximum atomic E-state index is 14.8. The Morgan fingerprint density at radius 2 is 1.48 bits per heavy atom. The second-order valence-corrected chi connectivity index (χ2v) is 13.9. The Balaban J connectivity index is 1.44. The minimum absolute atomic E-state index is 0.0310. The van der Waals surface area contributed by atoms with E-state index in [4.69, 9.17) is 9.47 Å². The summed E-state index contributed by atoms with van der Waals surface area (Å²) < 4.78 is 12.3. The molecule has 7 rings (SSSR count). The number of carbonyl (C=O) groups excluding carboxylic acids is 2. The van der Waals surface area contributed by atoms with Crippen LogP contribution in [0.25, 0.3) is 0 Å². The second kappa shape index (κ2) is 12.0. The molecule has 12 nitrogen and oxygen atoms in total. The number of rotatable bonds is 6. The van der Waals surface area contributed by atoms with Crippen molar-refractivity contribution < 1.29 is 59.9 Å². The number of ether oxygens (including phenoxy) is 2. The van der Waals surface area contributed by atoms with Crippen LogP contribution in [-0.4, -0.2) is 58.0 Å². The van der Waals surface area contributed by atoms with E-state index in [-0.39, 0.29) is 69.6 Å². The number of aromatic hydroxyl groups is 7. The topological polar surface area (TPSA) is 214 Å². The first-order chi connectivity index (χ1) is 24.6. The van der Waals surface area contributed by atoms with E-state index in [1.54, 1.807) is 32.9 Å². The maximum absolute atomic E-state index is 14.8. The predicted octanol–water partition coefficient (Wildman–Crippen LogP) is 6.25. The maximum Gasteiger partial charge on any atom is 0.286 e. The molecule has 3 aliphatic rings. The Hall–Kier alpha value is -6.14. The van der Waals surface area contributed by atoms with Crippen LogP contribution in [0.3, 0.4) is 0 Å². The summed E-state index contributed by atoms with van der Waals surface area (Å²) in [6, 6.07) is 12.3. The molecule has 2 heterocycles. The van der Waals surface area contributed by atoms with Crippen LogP contribution in [0.1, 0.15) is 82.9 Å². The van der Waals surface area contributed by atoms with Crippen LogP contribution in [0, 0.1) is 5.92 Å². The number of phenols is 7. The van der Waals surface area contributed by atoms with Gasteiger partial charge in [-0.05, 0) is 63.1 Å². The van der Waals surface area contributed by atoms with Crippen molar-refractivity contribution in [3.8, 4) is 51.7 Å². The summed E-state index contributed by atoms with van der Waals surface area (Å²) in [5.41, 5.74) is -1.30. The molecular formula is C40H36O12. The molecule has 0 saturated heterocycles. The van der Waals surface area contributed by atoms with Crippen molar-refractivity contribution >= 4 is 11.6 Å². The summed E-state index contributed by atoms with van der Waals surface area (Å²) in [5, 5.41) is 87.9. The molecule has 0 saturated carbocycles. The first-order valence-corrected chi connectivity index (χ1v) is 16.5. The average Bonchev–Trinajstić information content (AvgIpc) is 3.30. The number of Topliss-reactive ketones (excluding diaryl/α,β-unsaturated/α-hetero) is 2. The fourth-order valence-electron chi connectivity index (χ4n) is 7.81. The molecule has 1 aliphatic carbocycles. The van der Waals surface area contributed by atoms with E-state index in [2.05, 4.69) is 0 Å². The standard InChI is InChI=1S/C40H36O12/c1-18(2)10-11-39-38(49)35-32(52-40(39,50)27-9-6-22(43)16-31(27)51-39)17-30(46)34(37(35)48)26-13-19(3)12-25(23-7-4-20(41)14-28(23)44)33(26)36(47)24-8-5-21(42)15-29(24)45/h4-10,13-17,25-26,33,41-46,48,50H,11-12H2,1-3H3/t25?,26?,33-,39?,40?/m0/s1. The molecule has 0 aromatic heterocycles. The van der Waals surface area contributed by atoms with E-state index in [9.17, 15) is 50.4 Å². The average molecular weight is 709 g/mol. The lowest BCUT2D eigenvalue weighted by molar-refractivity contribution is -0.221. The van der Waals surface area contributed by atoms with Gasteiger partial charge in [0.05, 0.1) is 11.1 Å². The van der Waals surface area contributed by atoms with E-state index in [0.29, 0.717) is 5.57 Å². The molecule has 2 aliphatic heterocycles. The number of carbonyl (C=O) groups is 2. The minimum Gasteiger partial charge on any atom is -0.508 e. The highest BCUT2D eigenvalue weighted by Crippen LogP contribution is 2.60. The highest BCUT2D eigenvalue weighted by Gasteiger charge is 2.70. The number of benzene rings is 4. The van der Waals surface area contributed by atoms with E-state index in [1.807, 2.05) is 0 Å². The quantitative estimate of drug-likeness (QED) is 0.0824. The largest absolute Gasteiger partial charge is 0.508 e. The summed E-state index contributed by atoms with van der Waals surface area (Å²) in [6.45, 7) is 5.31. The Morgan fingerprint density at radius 3 is 2.15 bits per heavy atom. The zero-order valence-electron chi connectivity index (χ0n) is 28.3. The predicted molar refractivity (Wildman–Crippen MR) is 185 cm³/mol. The lowest BCUT2D eigenvalue weighted by Gasteiger charge is -2.43. The van der Waals surface area contributed by atoms with E-state index >= 15 is 0 Å². The van der Waals surface area contributed by atoms with Crippen LogP contribution in [-0.2, 0) is 5.79 Å². The molecule has 52 heavy (non-hydrogen) atoms. The van der Waals surface area contributed by atoms with Gasteiger partial charge in [0.1, 0.15) is 57.3 Å². The first kappa shape index (κ1) is 34.3. The van der Waals surface area contributed by atoms with Crippen LogP contribution < -0.4 is 9.47 Å². The highest BCUT2D eigenvalue weighted by atomic mass is 16.7. The number of hydrogen-bond donors (Lipinski definition) is 8. The van der Waals surface area contributed by atoms with Gasteiger partial charge in [0.2, 0.25) is 11.4 Å². The van der Waals surface area contributed by atoms with Gasteiger partial charge in [-0.25, -0.2) is 0 Å². The third kappa shape index (κ3) is 5.09. The third-order valence-corrected chi connectivity index (χ3v) is 10.2. The van der Waals surface area contributed by atoms with Crippen LogP contribution >= 0.6 is 0 Å². The zero-order valence-corrected chi connectivity index (χ0v) is 28.3. The van der Waals surface area contributed by atoms with Gasteiger partial charge in [0.25, 0.3) is 5.79 Å². The van der Waals surface area contributed by atoms with Gasteiger partial charge < -0.3 is 50.3 Å². The molecule has 8 N–H and O–H groups in total. The summed E-state index contributed by atoms with van der Waals surface area (Å²) >= 11 is 0. The molecular weight excluding hydrogens is 672 g/mol. The van der Waals surface area contributed by atoms with Gasteiger partial charge in [-0.3, -0.25) is 9.59 Å². The number of phenolic OH excluding ortho intramolecular Hbond substituents is 7. The molecule has 0 radical (unpaired) electrons. The molecule has 4 aromatic rings. The first-order valence-electron chi connectivity index (χ1n) is 16.5. The van der Waals surface area contributed by atoms with E-state index in [0.717, 1.165) is 23.8 Å². The Morgan fingerprint density at radius 1 is 0.827 bits per heavy atom. The van der Waals surface area contributed by atoms with Gasteiger partial charge in [-0.15, -0.1) is 0 Å². The molecule has 4 aromatic carbocycles. The molecule has 268 valence electrons. The van der Waals surface area contributed by atoms with Gasteiger partial charge in [-0.2, -0.15) is 0 Å². The van der Waals surface area contributed by atoms with Crippen LogP contribution in [0.4, 0.5) is 0 Å². The molecule has 0 spiro atoms. The van der Waals surface area contributed by atoms with Crippen LogP contribution in [0.2, 0.25) is 0 Å². The Bertz CT molecular complexity index is 2250. The second-order valence-electron chi connectivity index (χ2n) is 13.9. The smallest absolute Gasteiger partial charge is 0.286 e. The Kier molecular flexibility index (Phi) is 7.91. The van der Waals surface area contributed by atoms with Crippen molar-refractivity contribution in [2.75, 3.05) is 0 Å². The van der Waals surface area contributed by atoms with Crippen LogP contribution in [0.15, 0.2) is 84.0 Å². The monoisotopic (exact) mass is 708 g/mol. The number of hydrogen-bond acceptors (Lipinski definition) is 12. The van der Waals surface area contributed by atoms with Crippen molar-refractivity contribution in [3.63, 3.8) is 0 Å². The zero-order chi connectivity index (χ0) is 37.4. The SMILES string of the molecule is CC(C)=CCC12Oc3cc(O)ccc3C1(O)Oc1cc(O)c(C3C=C(C)CC(c4ccc(O)cc4O)[C@@H]3C(=O)c3ccc(O)cc3O)c(O)c1C2=O. The summed E-state index contributed by atoms with van der Waals surface area (Å²) in [4.78, 5) is 29.4. The minimum atomic E-state index is -2.45. The highest BCUT2D eigenvalue weighted by molar-refractivity contribution is 6.10. The molecule has 12 heteroatoms.